The van der Waals surface area contributed by atoms with Crippen LogP contribution in [0, 0.1) is 0 Å². The van der Waals surface area contributed by atoms with Crippen molar-refractivity contribution in [2.75, 3.05) is 19.8 Å². The van der Waals surface area contributed by atoms with E-state index in [-0.39, 0.29) is 0 Å². The summed E-state index contributed by atoms with van der Waals surface area (Å²) in [4.78, 5) is 3.33. The molecule has 2 aromatic carbocycles. The smallest absolute Gasteiger partial charge is 0.179 e. The number of nitrogens with one attached hydrogen (secondary N) is 1. The summed E-state index contributed by atoms with van der Waals surface area (Å²) in [5.41, 5.74) is 3.69. The molecule has 0 unspecified atom stereocenters. The molecule has 0 saturated heterocycles. The number of fused-ring (bicyclic) bond motifs is 1. The Morgan fingerprint density at radius 1 is 1.08 bits per heavy atom. The largest absolute Gasteiger partial charge is 0.490 e. The maximum Gasteiger partial charge on any atom is 0.179 e. The van der Waals surface area contributed by atoms with Gasteiger partial charge in [-0.2, -0.15) is 0 Å². The number of nitrogens with two attached hydrogens (primary N) is 1. The van der Waals surface area contributed by atoms with E-state index < -0.39 is 0 Å². The molecule has 0 aliphatic rings. The normalized spacial score (nSPS) is 11.0. The predicted molar refractivity (Wildman–Crippen MR) is 106 cm³/mol. The summed E-state index contributed by atoms with van der Waals surface area (Å²) >= 11 is 6.39. The van der Waals surface area contributed by atoms with E-state index in [4.69, 9.17) is 21.1 Å². The third-order valence-electron chi connectivity index (χ3n) is 4.33. The van der Waals surface area contributed by atoms with Crippen molar-refractivity contribution in [3.8, 4) is 11.5 Å². The Bertz CT molecular complexity index is 860. The van der Waals surface area contributed by atoms with Gasteiger partial charge in [0.25, 0.3) is 0 Å². The number of H-pyrrole nitrogens is 1. The quantitative estimate of drug-likeness (QED) is 0.558. The number of para-hydroxylation sites is 1. The second-order valence-corrected chi connectivity index (χ2v) is 6.57. The van der Waals surface area contributed by atoms with Crippen LogP contribution < -0.4 is 14.8 Å². The zero-order valence-corrected chi connectivity index (χ0v) is 16.1. The van der Waals surface area contributed by atoms with Crippen LogP contribution in [0.4, 0.5) is 0 Å². The lowest BCUT2D eigenvalue weighted by Gasteiger charge is -2.14. The fourth-order valence-electron chi connectivity index (χ4n) is 3.15. The molecule has 0 aliphatic carbocycles. The lowest BCUT2D eigenvalue weighted by molar-refractivity contribution is -0.670. The van der Waals surface area contributed by atoms with Gasteiger partial charge in [-0.05, 0) is 37.6 Å². The number of quaternary nitrogens is 1. The maximum atomic E-state index is 6.39. The molecule has 138 valence electrons. The third kappa shape index (κ3) is 4.32. The van der Waals surface area contributed by atoms with Crippen LogP contribution in [-0.2, 0) is 13.0 Å². The van der Waals surface area contributed by atoms with Gasteiger partial charge in [-0.3, -0.25) is 0 Å². The van der Waals surface area contributed by atoms with Gasteiger partial charge in [-0.25, -0.2) is 0 Å². The van der Waals surface area contributed by atoms with Crippen LogP contribution in [0.3, 0.4) is 0 Å². The van der Waals surface area contributed by atoms with Crippen LogP contribution in [0.5, 0.6) is 11.5 Å². The van der Waals surface area contributed by atoms with Gasteiger partial charge in [0, 0.05) is 29.1 Å². The molecule has 0 bridgehead atoms. The number of aromatic amines is 1. The van der Waals surface area contributed by atoms with Crippen LogP contribution in [0.15, 0.2) is 42.6 Å². The van der Waals surface area contributed by atoms with Crippen molar-refractivity contribution >= 4 is 22.5 Å². The highest BCUT2D eigenvalue weighted by Crippen LogP contribution is 2.36. The van der Waals surface area contributed by atoms with Crippen molar-refractivity contribution in [3.05, 3.63) is 58.7 Å². The van der Waals surface area contributed by atoms with Crippen LogP contribution in [0.1, 0.15) is 25.0 Å². The number of ether oxygens (including phenoxy) is 2. The number of aromatic nitrogens is 1. The Morgan fingerprint density at radius 2 is 1.88 bits per heavy atom. The first-order chi connectivity index (χ1) is 12.7. The second kappa shape index (κ2) is 8.97. The van der Waals surface area contributed by atoms with E-state index in [1.54, 1.807) is 0 Å². The van der Waals surface area contributed by atoms with E-state index in [2.05, 4.69) is 40.8 Å². The lowest BCUT2D eigenvalue weighted by atomic mass is 10.1. The molecule has 0 atom stereocenters. The number of hydrogen-bond donors (Lipinski definition) is 2. The standard InChI is InChI=1S/C21H25ClN2O2/c1-3-25-20-12-15(11-18(22)21(20)26-4-2)13-23-10-9-16-14-24-19-8-6-5-7-17(16)19/h5-8,11-12,14,23-24H,3-4,9-10,13H2,1-2H3/p+1. The molecule has 3 rings (SSSR count). The highest BCUT2D eigenvalue weighted by molar-refractivity contribution is 6.32. The van der Waals surface area contributed by atoms with Crippen LogP contribution in [0.25, 0.3) is 10.9 Å². The average molecular weight is 374 g/mol. The molecular weight excluding hydrogens is 348 g/mol. The summed E-state index contributed by atoms with van der Waals surface area (Å²) < 4.78 is 11.3. The van der Waals surface area contributed by atoms with Crippen molar-refractivity contribution in [3.63, 3.8) is 0 Å². The van der Waals surface area contributed by atoms with Crippen molar-refractivity contribution in [1.29, 1.82) is 0 Å². The summed E-state index contributed by atoms with van der Waals surface area (Å²) in [7, 11) is 0. The first-order valence-corrected chi connectivity index (χ1v) is 9.55. The fourth-order valence-corrected chi connectivity index (χ4v) is 3.44. The van der Waals surface area contributed by atoms with Crippen molar-refractivity contribution in [1.82, 2.24) is 4.98 Å². The Kier molecular flexibility index (Phi) is 6.42. The SMILES string of the molecule is CCOc1cc(C[NH2+]CCc2c[nH]c3ccccc23)cc(Cl)c1OCC. The minimum atomic E-state index is 0.565. The van der Waals surface area contributed by atoms with Gasteiger partial charge in [0.15, 0.2) is 11.5 Å². The van der Waals surface area contributed by atoms with Crippen molar-refractivity contribution in [2.24, 2.45) is 0 Å². The first kappa shape index (κ1) is 18.6. The van der Waals surface area contributed by atoms with Gasteiger partial charge >= 0.3 is 0 Å². The summed E-state index contributed by atoms with van der Waals surface area (Å²) in [6.07, 6.45) is 3.13. The summed E-state index contributed by atoms with van der Waals surface area (Å²) in [6.45, 7) is 6.92. The van der Waals surface area contributed by atoms with E-state index in [1.807, 2.05) is 26.0 Å². The Labute approximate surface area is 159 Å². The monoisotopic (exact) mass is 373 g/mol. The predicted octanol–water partition coefficient (Wildman–Crippen LogP) is 3.92. The Balaban J connectivity index is 1.60. The molecule has 0 saturated carbocycles. The molecule has 5 heteroatoms. The molecule has 26 heavy (non-hydrogen) atoms. The zero-order chi connectivity index (χ0) is 18.4. The van der Waals surface area contributed by atoms with Gasteiger partial charge in [0.2, 0.25) is 0 Å². The zero-order valence-electron chi connectivity index (χ0n) is 15.3. The highest BCUT2D eigenvalue weighted by Gasteiger charge is 2.13. The molecule has 0 radical (unpaired) electrons. The number of hydrogen-bond acceptors (Lipinski definition) is 2. The molecule has 0 spiro atoms. The average Bonchev–Trinajstić information content (AvgIpc) is 3.05. The molecular formula is C21H26ClN2O2+. The molecule has 1 heterocycles. The van der Waals surface area contributed by atoms with Gasteiger partial charge < -0.3 is 19.8 Å². The van der Waals surface area contributed by atoms with E-state index in [0.717, 1.165) is 30.8 Å². The molecule has 4 nitrogen and oxygen atoms in total. The minimum Gasteiger partial charge on any atom is -0.490 e. The topological polar surface area (TPSA) is 50.9 Å². The van der Waals surface area contributed by atoms with Crippen molar-refractivity contribution in [2.45, 2.75) is 26.8 Å². The van der Waals surface area contributed by atoms with Gasteiger partial charge in [-0.1, -0.05) is 29.8 Å². The Morgan fingerprint density at radius 3 is 2.69 bits per heavy atom. The number of benzene rings is 2. The lowest BCUT2D eigenvalue weighted by Crippen LogP contribution is -2.83. The van der Waals surface area contributed by atoms with E-state index in [0.29, 0.717) is 24.0 Å². The van der Waals surface area contributed by atoms with Crippen LogP contribution in [-0.4, -0.2) is 24.7 Å². The van der Waals surface area contributed by atoms with Crippen LogP contribution >= 0.6 is 11.6 Å². The second-order valence-electron chi connectivity index (χ2n) is 6.16. The summed E-state index contributed by atoms with van der Waals surface area (Å²) in [5.74, 6) is 1.36. The van der Waals surface area contributed by atoms with E-state index in [1.165, 1.54) is 16.5 Å². The summed E-state index contributed by atoms with van der Waals surface area (Å²) in [6, 6.07) is 12.4. The molecule has 0 amide bonds. The summed E-state index contributed by atoms with van der Waals surface area (Å²) in [5, 5.41) is 4.21. The van der Waals surface area contributed by atoms with Crippen LogP contribution in [0.2, 0.25) is 5.02 Å². The molecule has 0 aliphatic heterocycles. The van der Waals surface area contributed by atoms with Gasteiger partial charge in [0.1, 0.15) is 6.54 Å². The van der Waals surface area contributed by atoms with Gasteiger partial charge in [-0.15, -0.1) is 0 Å². The Hall–Kier alpha value is -2.17. The van der Waals surface area contributed by atoms with Crippen molar-refractivity contribution < 1.29 is 14.8 Å². The van der Waals surface area contributed by atoms with E-state index >= 15 is 0 Å². The fraction of sp³-hybridized carbons (Fsp3) is 0.333. The number of halogens is 1. The molecule has 3 aromatic rings. The van der Waals surface area contributed by atoms with Gasteiger partial charge in [0.05, 0.1) is 24.8 Å². The molecule has 3 N–H and O–H groups in total. The highest BCUT2D eigenvalue weighted by atomic mass is 35.5. The minimum absolute atomic E-state index is 0.565. The third-order valence-corrected chi connectivity index (χ3v) is 4.61. The molecule has 0 fully saturated rings. The maximum absolute atomic E-state index is 6.39. The number of rotatable bonds is 9. The first-order valence-electron chi connectivity index (χ1n) is 9.17. The van der Waals surface area contributed by atoms with E-state index in [9.17, 15) is 0 Å². The molecule has 1 aromatic heterocycles.